The molecule has 148 valence electrons. The van der Waals surface area contributed by atoms with E-state index in [0.717, 1.165) is 0 Å². The average molecular weight is 343 g/mol. The molecule has 0 fully saturated rings. The Hall–Kier alpha value is -0.0800. The van der Waals surface area contributed by atoms with Crippen molar-refractivity contribution in [2.75, 3.05) is 27.2 Å². The number of hydrogen-bond acceptors (Lipinski definition) is 2. The molecular formula is C22H50N2. The summed E-state index contributed by atoms with van der Waals surface area (Å²) >= 11 is 0. The molecule has 0 saturated heterocycles. The molecule has 2 N–H and O–H groups in total. The van der Waals surface area contributed by atoms with Gasteiger partial charge < -0.3 is 10.6 Å². The fraction of sp³-hybridized carbons (Fsp3) is 1.00. The minimum Gasteiger partial charge on any atom is -0.320 e. The van der Waals surface area contributed by atoms with Gasteiger partial charge in [-0.1, -0.05) is 104 Å². The first kappa shape index (κ1) is 26.2. The molecule has 0 rings (SSSR count). The summed E-state index contributed by atoms with van der Waals surface area (Å²) < 4.78 is 0. The molecule has 0 aliphatic heterocycles. The Balaban J connectivity index is 0. The molecule has 0 aromatic rings. The molecule has 0 atom stereocenters. The second-order valence-electron chi connectivity index (χ2n) is 7.16. The van der Waals surface area contributed by atoms with Gasteiger partial charge in [-0.05, 0) is 40.0 Å². The van der Waals surface area contributed by atoms with Crippen molar-refractivity contribution < 1.29 is 0 Å². The summed E-state index contributed by atoms with van der Waals surface area (Å²) in [7, 11) is 4.06. The maximum absolute atomic E-state index is 3.18. The summed E-state index contributed by atoms with van der Waals surface area (Å²) in [4.78, 5) is 0. The standard InChI is InChI=1S/2C11H25N/c2*1-3-4-5-6-7-8-9-10-11-12-2/h2*12H,3-11H2,1-2H3. The summed E-state index contributed by atoms with van der Waals surface area (Å²) in [6.07, 6.45) is 22.7. The highest BCUT2D eigenvalue weighted by atomic mass is 14.8. The van der Waals surface area contributed by atoms with Crippen molar-refractivity contribution in [1.82, 2.24) is 10.6 Å². The second-order valence-corrected chi connectivity index (χ2v) is 7.16. The molecule has 0 bridgehead atoms. The van der Waals surface area contributed by atoms with Crippen LogP contribution in [0.3, 0.4) is 0 Å². The zero-order valence-corrected chi connectivity index (χ0v) is 17.7. The first-order chi connectivity index (χ1) is 11.8. The molecule has 0 unspecified atom stereocenters. The van der Waals surface area contributed by atoms with Gasteiger partial charge in [-0.25, -0.2) is 0 Å². The second kappa shape index (κ2) is 27.8. The van der Waals surface area contributed by atoms with Crippen LogP contribution in [-0.4, -0.2) is 27.2 Å². The lowest BCUT2D eigenvalue weighted by Crippen LogP contribution is -2.06. The minimum absolute atomic E-state index is 1.19. The molecule has 0 aromatic heterocycles. The zero-order valence-electron chi connectivity index (χ0n) is 17.7. The van der Waals surface area contributed by atoms with Crippen molar-refractivity contribution in [1.29, 1.82) is 0 Å². The molecule has 0 aliphatic rings. The van der Waals surface area contributed by atoms with Gasteiger partial charge in [-0.3, -0.25) is 0 Å². The molecule has 0 radical (unpaired) electrons. The third-order valence-electron chi connectivity index (χ3n) is 4.56. The Morgan fingerprint density at radius 3 is 0.875 bits per heavy atom. The fourth-order valence-corrected chi connectivity index (χ4v) is 2.87. The Morgan fingerprint density at radius 2 is 0.625 bits per heavy atom. The van der Waals surface area contributed by atoms with E-state index >= 15 is 0 Å². The smallest absolute Gasteiger partial charge is 0.00519 e. The molecule has 0 saturated carbocycles. The van der Waals surface area contributed by atoms with Gasteiger partial charge in [-0.2, -0.15) is 0 Å². The Morgan fingerprint density at radius 1 is 0.375 bits per heavy atom. The van der Waals surface area contributed by atoms with Crippen LogP contribution in [0.2, 0.25) is 0 Å². The molecule has 0 aliphatic carbocycles. The van der Waals surface area contributed by atoms with E-state index in [-0.39, 0.29) is 0 Å². The SMILES string of the molecule is CCCCCCCCCCNC.CCCCCCCCCCNC. The van der Waals surface area contributed by atoms with E-state index in [0.29, 0.717) is 0 Å². The van der Waals surface area contributed by atoms with Crippen LogP contribution in [0.15, 0.2) is 0 Å². The van der Waals surface area contributed by atoms with Crippen LogP contribution < -0.4 is 10.6 Å². The van der Waals surface area contributed by atoms with Crippen molar-refractivity contribution in [2.24, 2.45) is 0 Å². The highest BCUT2D eigenvalue weighted by Gasteiger charge is 1.90. The lowest BCUT2D eigenvalue weighted by molar-refractivity contribution is 0.567. The number of nitrogens with one attached hydrogen (secondary N) is 2. The highest BCUT2D eigenvalue weighted by Crippen LogP contribution is 2.08. The molecule has 0 amide bonds. The summed E-state index contributed by atoms with van der Waals surface area (Å²) in [5, 5.41) is 6.36. The van der Waals surface area contributed by atoms with E-state index in [4.69, 9.17) is 0 Å². The van der Waals surface area contributed by atoms with Gasteiger partial charge in [0.05, 0.1) is 0 Å². The van der Waals surface area contributed by atoms with Crippen LogP contribution in [-0.2, 0) is 0 Å². The van der Waals surface area contributed by atoms with E-state index in [2.05, 4.69) is 24.5 Å². The largest absolute Gasteiger partial charge is 0.320 e. The number of unbranched alkanes of at least 4 members (excludes halogenated alkanes) is 14. The predicted molar refractivity (Wildman–Crippen MR) is 113 cm³/mol. The summed E-state index contributed by atoms with van der Waals surface area (Å²) in [6, 6.07) is 0. The Bertz CT molecular complexity index is 143. The third-order valence-corrected chi connectivity index (χ3v) is 4.56. The van der Waals surface area contributed by atoms with Gasteiger partial charge in [-0.15, -0.1) is 0 Å². The van der Waals surface area contributed by atoms with Crippen molar-refractivity contribution >= 4 is 0 Å². The van der Waals surface area contributed by atoms with E-state index in [9.17, 15) is 0 Å². The fourth-order valence-electron chi connectivity index (χ4n) is 2.87. The van der Waals surface area contributed by atoms with Gasteiger partial charge >= 0.3 is 0 Å². The zero-order chi connectivity index (χ0) is 18.1. The average Bonchev–Trinajstić information content (AvgIpc) is 2.60. The van der Waals surface area contributed by atoms with Crippen molar-refractivity contribution in [2.45, 2.75) is 117 Å². The lowest BCUT2D eigenvalue weighted by atomic mass is 10.1. The first-order valence-corrected chi connectivity index (χ1v) is 11.1. The van der Waals surface area contributed by atoms with Crippen molar-refractivity contribution in [3.63, 3.8) is 0 Å². The summed E-state index contributed by atoms with van der Waals surface area (Å²) in [5.41, 5.74) is 0. The van der Waals surface area contributed by atoms with Crippen LogP contribution in [0.25, 0.3) is 0 Å². The van der Waals surface area contributed by atoms with Crippen LogP contribution >= 0.6 is 0 Å². The molecule has 2 nitrogen and oxygen atoms in total. The maximum atomic E-state index is 3.18. The summed E-state index contributed by atoms with van der Waals surface area (Å²) in [5.74, 6) is 0. The maximum Gasteiger partial charge on any atom is -0.00519 e. The van der Waals surface area contributed by atoms with E-state index in [1.807, 2.05) is 14.1 Å². The number of hydrogen-bond donors (Lipinski definition) is 2. The normalized spacial score (nSPS) is 10.5. The van der Waals surface area contributed by atoms with E-state index in [1.165, 1.54) is 116 Å². The minimum atomic E-state index is 1.19. The van der Waals surface area contributed by atoms with Crippen LogP contribution in [0, 0.1) is 0 Å². The quantitative estimate of drug-likeness (QED) is 0.271. The van der Waals surface area contributed by atoms with Crippen molar-refractivity contribution in [3.8, 4) is 0 Å². The van der Waals surface area contributed by atoms with E-state index in [1.54, 1.807) is 0 Å². The Kier molecular flexibility index (Phi) is 30.2. The third kappa shape index (κ3) is 29.9. The predicted octanol–water partition coefficient (Wildman–Crippen LogP) is 6.69. The van der Waals surface area contributed by atoms with Crippen molar-refractivity contribution in [3.05, 3.63) is 0 Å². The van der Waals surface area contributed by atoms with Crippen LogP contribution in [0.4, 0.5) is 0 Å². The Labute approximate surface area is 155 Å². The first-order valence-electron chi connectivity index (χ1n) is 11.1. The lowest BCUT2D eigenvalue weighted by Gasteiger charge is -2.00. The van der Waals surface area contributed by atoms with Gasteiger partial charge in [0.25, 0.3) is 0 Å². The molecule has 24 heavy (non-hydrogen) atoms. The monoisotopic (exact) mass is 342 g/mol. The molecule has 0 aromatic carbocycles. The molecule has 2 heteroatoms. The van der Waals surface area contributed by atoms with Crippen LogP contribution in [0.1, 0.15) is 117 Å². The molecular weight excluding hydrogens is 292 g/mol. The highest BCUT2D eigenvalue weighted by molar-refractivity contribution is 4.48. The van der Waals surface area contributed by atoms with Gasteiger partial charge in [0.15, 0.2) is 0 Å². The van der Waals surface area contributed by atoms with Crippen LogP contribution in [0.5, 0.6) is 0 Å². The van der Waals surface area contributed by atoms with E-state index < -0.39 is 0 Å². The van der Waals surface area contributed by atoms with Gasteiger partial charge in [0.2, 0.25) is 0 Å². The van der Waals surface area contributed by atoms with Gasteiger partial charge in [0, 0.05) is 0 Å². The molecule has 0 heterocycles. The summed E-state index contributed by atoms with van der Waals surface area (Å²) in [6.45, 7) is 6.92. The number of rotatable bonds is 18. The topological polar surface area (TPSA) is 24.1 Å². The molecule has 0 spiro atoms. The van der Waals surface area contributed by atoms with Gasteiger partial charge in [0.1, 0.15) is 0 Å².